The molecule has 2 heterocycles. The Balaban J connectivity index is 2.05. The Kier molecular flexibility index (Phi) is 3.32. The van der Waals surface area contributed by atoms with Crippen LogP contribution in [0, 0.1) is 13.8 Å². The summed E-state index contributed by atoms with van der Waals surface area (Å²) in [5, 5.41) is 6.86. The minimum Gasteiger partial charge on any atom is -0.361 e. The first-order chi connectivity index (χ1) is 8.17. The molecule has 0 saturated carbocycles. The minimum atomic E-state index is 0.473. The van der Waals surface area contributed by atoms with Crippen molar-refractivity contribution in [2.24, 2.45) is 0 Å². The van der Waals surface area contributed by atoms with Crippen molar-refractivity contribution in [1.29, 1.82) is 0 Å². The second kappa shape index (κ2) is 4.90. The van der Waals surface area contributed by atoms with Gasteiger partial charge in [-0.3, -0.25) is 0 Å². The number of hydrogen-bond acceptors (Lipinski definition) is 6. The van der Waals surface area contributed by atoms with E-state index in [4.69, 9.17) is 4.52 Å². The van der Waals surface area contributed by atoms with Crippen molar-refractivity contribution in [1.82, 2.24) is 20.1 Å². The van der Waals surface area contributed by atoms with Crippen LogP contribution in [0.15, 0.2) is 10.6 Å². The van der Waals surface area contributed by atoms with Crippen molar-refractivity contribution >= 4 is 5.82 Å². The van der Waals surface area contributed by atoms with Gasteiger partial charge in [-0.05, 0) is 13.8 Å². The second-order valence-corrected chi connectivity index (χ2v) is 3.75. The van der Waals surface area contributed by atoms with Crippen LogP contribution < -0.4 is 5.32 Å². The van der Waals surface area contributed by atoms with Gasteiger partial charge in [0.05, 0.1) is 6.54 Å². The van der Waals surface area contributed by atoms with Crippen LogP contribution in [0.4, 0.5) is 5.82 Å². The molecule has 0 aliphatic heterocycles. The van der Waals surface area contributed by atoms with Crippen LogP contribution in [0.5, 0.6) is 0 Å². The van der Waals surface area contributed by atoms with Gasteiger partial charge in [-0.25, -0.2) is 9.97 Å². The maximum absolute atomic E-state index is 5.01. The number of anilines is 1. The van der Waals surface area contributed by atoms with Crippen LogP contribution in [0.25, 0.3) is 0 Å². The van der Waals surface area contributed by atoms with Crippen molar-refractivity contribution in [2.75, 3.05) is 5.32 Å². The normalized spacial score (nSPS) is 10.5. The predicted octanol–water partition coefficient (Wildman–Crippen LogP) is 1.65. The molecule has 0 bridgehead atoms. The van der Waals surface area contributed by atoms with E-state index in [0.717, 1.165) is 23.8 Å². The van der Waals surface area contributed by atoms with Gasteiger partial charge in [0.15, 0.2) is 5.82 Å². The molecule has 6 heteroatoms. The average Bonchev–Trinajstić information content (AvgIpc) is 2.72. The van der Waals surface area contributed by atoms with Crippen LogP contribution >= 0.6 is 0 Å². The lowest BCUT2D eigenvalue weighted by atomic mass is 10.3. The fourth-order valence-corrected chi connectivity index (χ4v) is 1.46. The Labute approximate surface area is 99.5 Å². The van der Waals surface area contributed by atoms with E-state index in [1.807, 2.05) is 19.9 Å². The zero-order valence-electron chi connectivity index (χ0n) is 10.2. The van der Waals surface area contributed by atoms with Gasteiger partial charge in [-0.1, -0.05) is 12.1 Å². The smallest absolute Gasteiger partial charge is 0.245 e. The molecule has 2 aromatic heterocycles. The van der Waals surface area contributed by atoms with Gasteiger partial charge in [0, 0.05) is 18.2 Å². The average molecular weight is 233 g/mol. The lowest BCUT2D eigenvalue weighted by Gasteiger charge is -2.05. The van der Waals surface area contributed by atoms with Gasteiger partial charge in [0.2, 0.25) is 5.89 Å². The molecule has 0 amide bonds. The van der Waals surface area contributed by atoms with Crippen LogP contribution in [-0.4, -0.2) is 20.1 Å². The van der Waals surface area contributed by atoms with E-state index in [2.05, 4.69) is 25.4 Å². The molecule has 2 aromatic rings. The fourth-order valence-electron chi connectivity index (χ4n) is 1.46. The summed E-state index contributed by atoms with van der Waals surface area (Å²) in [5.74, 6) is 2.80. The van der Waals surface area contributed by atoms with Gasteiger partial charge in [0.1, 0.15) is 11.6 Å². The highest BCUT2D eigenvalue weighted by molar-refractivity contribution is 5.35. The van der Waals surface area contributed by atoms with Gasteiger partial charge < -0.3 is 9.84 Å². The molecule has 0 aromatic carbocycles. The largest absolute Gasteiger partial charge is 0.361 e. The topological polar surface area (TPSA) is 76.7 Å². The van der Waals surface area contributed by atoms with Crippen molar-refractivity contribution in [3.63, 3.8) is 0 Å². The third-order valence-corrected chi connectivity index (χ3v) is 2.21. The highest BCUT2D eigenvalue weighted by Gasteiger charge is 2.04. The molecule has 0 spiro atoms. The number of nitrogens with zero attached hydrogens (tertiary/aromatic N) is 4. The zero-order chi connectivity index (χ0) is 12.3. The summed E-state index contributed by atoms with van der Waals surface area (Å²) >= 11 is 0. The Morgan fingerprint density at radius 1 is 1.24 bits per heavy atom. The van der Waals surface area contributed by atoms with Gasteiger partial charge in [0.25, 0.3) is 0 Å². The lowest BCUT2D eigenvalue weighted by Crippen LogP contribution is -2.05. The molecule has 0 unspecified atom stereocenters. The summed E-state index contributed by atoms with van der Waals surface area (Å²) in [5.41, 5.74) is 0.945. The summed E-state index contributed by atoms with van der Waals surface area (Å²) in [7, 11) is 0. The van der Waals surface area contributed by atoms with Gasteiger partial charge in [-0.15, -0.1) is 0 Å². The van der Waals surface area contributed by atoms with Crippen molar-refractivity contribution in [3.8, 4) is 0 Å². The molecular formula is C11H15N5O. The Bertz CT molecular complexity index is 508. The molecular weight excluding hydrogens is 218 g/mol. The van der Waals surface area contributed by atoms with E-state index in [1.54, 1.807) is 6.92 Å². The van der Waals surface area contributed by atoms with E-state index >= 15 is 0 Å². The third-order valence-electron chi connectivity index (χ3n) is 2.21. The molecule has 0 atom stereocenters. The molecule has 0 fully saturated rings. The molecule has 90 valence electrons. The summed E-state index contributed by atoms with van der Waals surface area (Å²) in [6.45, 7) is 6.24. The molecule has 0 aliphatic carbocycles. The van der Waals surface area contributed by atoms with E-state index in [1.165, 1.54) is 0 Å². The summed E-state index contributed by atoms with van der Waals surface area (Å²) in [6, 6.07) is 1.89. The molecule has 6 nitrogen and oxygen atoms in total. The monoisotopic (exact) mass is 233 g/mol. The first-order valence-electron chi connectivity index (χ1n) is 5.55. The molecule has 0 aliphatic rings. The first kappa shape index (κ1) is 11.5. The SMILES string of the molecule is CCc1nc(C)cc(NCc2nc(C)no2)n1. The Morgan fingerprint density at radius 2 is 2.06 bits per heavy atom. The highest BCUT2D eigenvalue weighted by atomic mass is 16.5. The predicted molar refractivity (Wildman–Crippen MR) is 62.5 cm³/mol. The van der Waals surface area contributed by atoms with Crippen LogP contribution in [0.1, 0.15) is 30.2 Å². The van der Waals surface area contributed by atoms with Crippen molar-refractivity contribution in [3.05, 3.63) is 29.3 Å². The van der Waals surface area contributed by atoms with Crippen molar-refractivity contribution in [2.45, 2.75) is 33.7 Å². The van der Waals surface area contributed by atoms with Crippen LogP contribution in [0.2, 0.25) is 0 Å². The van der Waals surface area contributed by atoms with Gasteiger partial charge >= 0.3 is 0 Å². The Morgan fingerprint density at radius 3 is 2.71 bits per heavy atom. The van der Waals surface area contributed by atoms with Crippen LogP contribution in [-0.2, 0) is 13.0 Å². The summed E-state index contributed by atoms with van der Waals surface area (Å²) in [6.07, 6.45) is 0.816. The number of nitrogens with one attached hydrogen (secondary N) is 1. The maximum Gasteiger partial charge on any atom is 0.245 e. The number of hydrogen-bond donors (Lipinski definition) is 1. The molecule has 1 N–H and O–H groups in total. The lowest BCUT2D eigenvalue weighted by molar-refractivity contribution is 0.379. The Hall–Kier alpha value is -1.98. The number of rotatable bonds is 4. The van der Waals surface area contributed by atoms with Crippen LogP contribution in [0.3, 0.4) is 0 Å². The maximum atomic E-state index is 5.01. The molecule has 0 radical (unpaired) electrons. The fraction of sp³-hybridized carbons (Fsp3) is 0.455. The first-order valence-corrected chi connectivity index (χ1v) is 5.55. The van der Waals surface area contributed by atoms with E-state index in [-0.39, 0.29) is 0 Å². The zero-order valence-corrected chi connectivity index (χ0v) is 10.2. The molecule has 17 heavy (non-hydrogen) atoms. The summed E-state index contributed by atoms with van der Waals surface area (Å²) < 4.78 is 5.01. The minimum absolute atomic E-state index is 0.473. The number of aromatic nitrogens is 4. The summed E-state index contributed by atoms with van der Waals surface area (Å²) in [4.78, 5) is 12.8. The van der Waals surface area contributed by atoms with E-state index in [0.29, 0.717) is 18.3 Å². The van der Waals surface area contributed by atoms with Gasteiger partial charge in [-0.2, -0.15) is 4.98 Å². The quantitative estimate of drug-likeness (QED) is 0.865. The van der Waals surface area contributed by atoms with E-state index in [9.17, 15) is 0 Å². The second-order valence-electron chi connectivity index (χ2n) is 3.75. The third kappa shape index (κ3) is 2.99. The van der Waals surface area contributed by atoms with Crippen molar-refractivity contribution < 1.29 is 4.52 Å². The molecule has 0 saturated heterocycles. The van der Waals surface area contributed by atoms with E-state index < -0.39 is 0 Å². The standard InChI is InChI=1S/C11H15N5O/c1-4-9-13-7(2)5-10(15-9)12-6-11-14-8(3)16-17-11/h5H,4,6H2,1-3H3,(H,12,13,15). The number of aryl methyl sites for hydroxylation is 3. The molecule has 2 rings (SSSR count). The highest BCUT2D eigenvalue weighted by Crippen LogP contribution is 2.08.